The summed E-state index contributed by atoms with van der Waals surface area (Å²) in [6.07, 6.45) is -0.905. The maximum absolute atomic E-state index is 12.9. The number of ether oxygens (including phenoxy) is 1. The number of aliphatic hydroxyl groups excluding tert-OH is 1. The Kier molecular flexibility index (Phi) is 5.58. The number of hydrogen-bond acceptors (Lipinski definition) is 3. The van der Waals surface area contributed by atoms with E-state index >= 15 is 0 Å². The first-order chi connectivity index (χ1) is 8.93. The number of hydrogen-bond donors (Lipinski definition) is 3. The van der Waals surface area contributed by atoms with Gasteiger partial charge < -0.3 is 20.5 Å². The molecule has 0 aromatic heterocycles. The number of nitrogens with one attached hydrogen (secondary N) is 2. The van der Waals surface area contributed by atoms with Gasteiger partial charge in [-0.2, -0.15) is 0 Å². The number of halogens is 3. The molecule has 1 rings (SSSR count). The molecule has 0 heterocycles. The first-order valence-corrected chi connectivity index (χ1v) is 5.30. The fourth-order valence-electron chi connectivity index (χ4n) is 1.26. The Hall–Kier alpha value is -1.80. The van der Waals surface area contributed by atoms with Crippen LogP contribution in [0.3, 0.4) is 0 Å². The van der Waals surface area contributed by atoms with Crippen molar-refractivity contribution in [1.82, 2.24) is 5.32 Å². The first kappa shape index (κ1) is 15.3. The van der Waals surface area contributed by atoms with E-state index in [9.17, 15) is 23.1 Å². The molecular weight excluding hydrogens is 265 g/mol. The summed E-state index contributed by atoms with van der Waals surface area (Å²) in [6, 6.07) is 0.494. The van der Waals surface area contributed by atoms with E-state index in [-0.39, 0.29) is 18.8 Å². The third-order valence-electron chi connectivity index (χ3n) is 2.10. The normalized spacial score (nSPS) is 12.1. The van der Waals surface area contributed by atoms with Crippen LogP contribution < -0.4 is 10.6 Å². The van der Waals surface area contributed by atoms with Crippen LogP contribution in [0.4, 0.5) is 23.7 Å². The fourth-order valence-corrected chi connectivity index (χ4v) is 1.26. The van der Waals surface area contributed by atoms with Crippen molar-refractivity contribution in [1.29, 1.82) is 0 Å². The predicted octanol–water partition coefficient (Wildman–Crippen LogP) is 1.23. The average Bonchev–Trinajstić information content (AvgIpc) is 2.34. The van der Waals surface area contributed by atoms with E-state index in [1.165, 1.54) is 7.11 Å². The number of benzene rings is 1. The molecule has 5 nitrogen and oxygen atoms in total. The number of methoxy groups -OCH3 is 1. The minimum atomic E-state index is -1.61. The highest BCUT2D eigenvalue weighted by Gasteiger charge is 2.12. The van der Waals surface area contributed by atoms with Gasteiger partial charge in [-0.25, -0.2) is 18.0 Å². The molecule has 0 spiro atoms. The lowest BCUT2D eigenvalue weighted by Gasteiger charge is -2.11. The summed E-state index contributed by atoms with van der Waals surface area (Å²) in [6.45, 7) is -0.0775. The van der Waals surface area contributed by atoms with E-state index in [2.05, 4.69) is 15.4 Å². The van der Waals surface area contributed by atoms with Crippen molar-refractivity contribution >= 4 is 11.7 Å². The van der Waals surface area contributed by atoms with Crippen molar-refractivity contribution < 1.29 is 27.8 Å². The first-order valence-electron chi connectivity index (χ1n) is 5.30. The molecule has 1 aromatic rings. The Labute approximate surface area is 107 Å². The van der Waals surface area contributed by atoms with Crippen LogP contribution in [0.1, 0.15) is 0 Å². The maximum atomic E-state index is 12.9. The molecule has 106 valence electrons. The Morgan fingerprint density at radius 3 is 2.47 bits per heavy atom. The van der Waals surface area contributed by atoms with Gasteiger partial charge >= 0.3 is 6.03 Å². The van der Waals surface area contributed by atoms with Gasteiger partial charge in [-0.1, -0.05) is 0 Å². The van der Waals surface area contributed by atoms with Crippen molar-refractivity contribution in [2.75, 3.05) is 25.6 Å². The predicted molar refractivity (Wildman–Crippen MR) is 61.2 cm³/mol. The molecule has 3 N–H and O–H groups in total. The average molecular weight is 278 g/mol. The zero-order chi connectivity index (χ0) is 14.4. The van der Waals surface area contributed by atoms with Gasteiger partial charge in [0.2, 0.25) is 0 Å². The van der Waals surface area contributed by atoms with Gasteiger partial charge in [0.25, 0.3) is 0 Å². The van der Waals surface area contributed by atoms with E-state index < -0.39 is 29.6 Å². The Bertz CT molecular complexity index is 434. The van der Waals surface area contributed by atoms with Crippen molar-refractivity contribution in [2.24, 2.45) is 0 Å². The van der Waals surface area contributed by atoms with E-state index in [4.69, 9.17) is 0 Å². The molecular formula is C11H13F3N2O3. The molecule has 0 radical (unpaired) electrons. The summed E-state index contributed by atoms with van der Waals surface area (Å²) < 4.78 is 43.0. The minimum Gasteiger partial charge on any atom is -0.389 e. The maximum Gasteiger partial charge on any atom is 0.319 e. The van der Waals surface area contributed by atoms with Crippen LogP contribution >= 0.6 is 0 Å². The van der Waals surface area contributed by atoms with E-state index in [1.54, 1.807) is 0 Å². The zero-order valence-electron chi connectivity index (χ0n) is 10.0. The fraction of sp³-hybridized carbons (Fsp3) is 0.364. The highest BCUT2D eigenvalue weighted by Crippen LogP contribution is 2.17. The molecule has 0 saturated heterocycles. The van der Waals surface area contributed by atoms with Crippen LogP contribution in [0.15, 0.2) is 12.1 Å². The van der Waals surface area contributed by atoms with Crippen molar-refractivity contribution in [2.45, 2.75) is 6.10 Å². The minimum absolute atomic E-state index is 0.0279. The standard InChI is InChI=1S/C11H13F3N2O3/c1-19-5-7(17)4-15-11(18)16-6-2-8(12)10(14)9(13)3-6/h2-3,7,17H,4-5H2,1H3,(H2,15,16,18). The van der Waals surface area contributed by atoms with Gasteiger partial charge in [0.05, 0.1) is 12.7 Å². The van der Waals surface area contributed by atoms with E-state index in [1.807, 2.05) is 0 Å². The molecule has 0 bridgehead atoms. The van der Waals surface area contributed by atoms with Gasteiger partial charge in [-0.15, -0.1) is 0 Å². The number of amides is 2. The summed E-state index contributed by atoms with van der Waals surface area (Å²) in [4.78, 5) is 11.3. The molecule has 8 heteroatoms. The number of aliphatic hydroxyl groups is 1. The molecule has 0 aliphatic carbocycles. The van der Waals surface area contributed by atoms with Crippen molar-refractivity contribution in [3.8, 4) is 0 Å². The third-order valence-corrected chi connectivity index (χ3v) is 2.10. The lowest BCUT2D eigenvalue weighted by molar-refractivity contribution is 0.0663. The lowest BCUT2D eigenvalue weighted by atomic mass is 10.3. The van der Waals surface area contributed by atoms with Gasteiger partial charge in [0.15, 0.2) is 17.5 Å². The summed E-state index contributed by atoms with van der Waals surface area (Å²) >= 11 is 0. The zero-order valence-corrected chi connectivity index (χ0v) is 10.0. The molecule has 1 aromatic carbocycles. The molecule has 19 heavy (non-hydrogen) atoms. The van der Waals surface area contributed by atoms with Crippen LogP contribution in [0.5, 0.6) is 0 Å². The molecule has 2 amide bonds. The molecule has 0 fully saturated rings. The molecule has 1 unspecified atom stereocenters. The second-order valence-corrected chi connectivity index (χ2v) is 3.70. The quantitative estimate of drug-likeness (QED) is 0.709. The van der Waals surface area contributed by atoms with Crippen LogP contribution in [-0.2, 0) is 4.74 Å². The van der Waals surface area contributed by atoms with Gasteiger partial charge in [-0.05, 0) is 0 Å². The molecule has 0 aliphatic rings. The smallest absolute Gasteiger partial charge is 0.319 e. The summed E-state index contributed by atoms with van der Waals surface area (Å²) in [5.74, 6) is -4.43. The largest absolute Gasteiger partial charge is 0.389 e. The molecule has 1 atom stereocenters. The third kappa shape index (κ3) is 4.76. The van der Waals surface area contributed by atoms with Crippen molar-refractivity contribution in [3.63, 3.8) is 0 Å². The number of urea groups is 1. The lowest BCUT2D eigenvalue weighted by Crippen LogP contribution is -2.37. The van der Waals surface area contributed by atoms with Gasteiger partial charge in [0.1, 0.15) is 0 Å². The monoisotopic (exact) mass is 278 g/mol. The molecule has 0 saturated carbocycles. The Morgan fingerprint density at radius 2 is 1.95 bits per heavy atom. The summed E-state index contributed by atoms with van der Waals surface area (Å²) in [7, 11) is 1.38. The van der Waals surface area contributed by atoms with Crippen LogP contribution in [-0.4, -0.2) is 37.5 Å². The topological polar surface area (TPSA) is 70.6 Å². The highest BCUT2D eigenvalue weighted by atomic mass is 19.2. The highest BCUT2D eigenvalue weighted by molar-refractivity contribution is 5.89. The second kappa shape index (κ2) is 6.95. The SMILES string of the molecule is COCC(O)CNC(=O)Nc1cc(F)c(F)c(F)c1. The number of carbonyl (C=O) groups is 1. The Balaban J connectivity index is 2.53. The van der Waals surface area contributed by atoms with Gasteiger partial charge in [-0.3, -0.25) is 0 Å². The second-order valence-electron chi connectivity index (χ2n) is 3.70. The van der Waals surface area contributed by atoms with Crippen LogP contribution in [0, 0.1) is 17.5 Å². The van der Waals surface area contributed by atoms with Crippen LogP contribution in [0.2, 0.25) is 0 Å². The van der Waals surface area contributed by atoms with Gasteiger partial charge in [0, 0.05) is 31.5 Å². The van der Waals surface area contributed by atoms with E-state index in [0.29, 0.717) is 12.1 Å². The number of carbonyl (C=O) groups excluding carboxylic acids is 1. The number of rotatable bonds is 5. The molecule has 0 aliphatic heterocycles. The van der Waals surface area contributed by atoms with E-state index in [0.717, 1.165) is 0 Å². The summed E-state index contributed by atoms with van der Waals surface area (Å²) in [5.41, 5.74) is -0.241. The van der Waals surface area contributed by atoms with Crippen molar-refractivity contribution in [3.05, 3.63) is 29.6 Å². The Morgan fingerprint density at radius 1 is 1.37 bits per heavy atom. The summed E-state index contributed by atoms with van der Waals surface area (Å²) in [5, 5.41) is 13.6. The van der Waals surface area contributed by atoms with Crippen LogP contribution in [0.25, 0.3) is 0 Å². The number of anilines is 1.